The number of nitrogens with zero attached hydrogens (tertiary/aromatic N) is 1. The largest absolute Gasteiger partial charge is 0.363 e. The number of hydrogen-bond acceptors (Lipinski definition) is 1. The summed E-state index contributed by atoms with van der Waals surface area (Å²) in [7, 11) is 0. The Balaban J connectivity index is 1.86. The van der Waals surface area contributed by atoms with Crippen molar-refractivity contribution in [3.63, 3.8) is 0 Å². The highest BCUT2D eigenvalue weighted by Crippen LogP contribution is 2.23. The Bertz CT molecular complexity index is 635. The first kappa shape index (κ1) is 13.4. The molecule has 0 fully saturated rings. The van der Waals surface area contributed by atoms with Gasteiger partial charge in [-0.2, -0.15) is 0 Å². The molecule has 0 unspecified atom stereocenters. The molecule has 0 saturated heterocycles. The summed E-state index contributed by atoms with van der Waals surface area (Å²) < 4.78 is 13.9. The smallest absolute Gasteiger partial charge is 0.163 e. The van der Waals surface area contributed by atoms with Crippen LogP contribution < -0.4 is 4.90 Å². The number of hydrogen-bond donors (Lipinski definition) is 1. The second kappa shape index (κ2) is 6.27. The normalized spacial score (nSPS) is 10.5. The Hall–Kier alpha value is -2.55. The van der Waals surface area contributed by atoms with E-state index >= 15 is 0 Å². The monoisotopic (exact) mass is 280 g/mol. The van der Waals surface area contributed by atoms with Gasteiger partial charge in [0.25, 0.3) is 0 Å². The number of aromatic nitrogens is 1. The third kappa shape index (κ3) is 3.31. The van der Waals surface area contributed by atoms with Gasteiger partial charge in [-0.15, -0.1) is 0 Å². The lowest BCUT2D eigenvalue weighted by molar-refractivity contribution is 0.618. The Morgan fingerprint density at radius 2 is 1.29 bits per heavy atom. The average Bonchev–Trinajstić information content (AvgIpc) is 2.95. The van der Waals surface area contributed by atoms with Gasteiger partial charge in [0.2, 0.25) is 0 Å². The lowest BCUT2D eigenvalue weighted by Crippen LogP contribution is -2.22. The topological polar surface area (TPSA) is 19.0 Å². The van der Waals surface area contributed by atoms with Crippen LogP contribution in [-0.4, -0.2) is 4.98 Å². The first-order valence-corrected chi connectivity index (χ1v) is 6.98. The molecule has 106 valence electrons. The zero-order valence-corrected chi connectivity index (χ0v) is 11.7. The summed E-state index contributed by atoms with van der Waals surface area (Å²) in [4.78, 5) is 4.87. The van der Waals surface area contributed by atoms with E-state index in [4.69, 9.17) is 0 Å². The molecule has 0 radical (unpaired) electrons. The predicted octanol–water partition coefficient (Wildman–Crippen LogP) is 4.36. The third-order valence-corrected chi connectivity index (χ3v) is 3.45. The molecule has 21 heavy (non-hydrogen) atoms. The standard InChI is InChI=1S/C18H17FN2/c19-17-11-20-12-18(17)21(13-15-7-3-1-4-8-15)14-16-9-5-2-6-10-16/h1-12,20H,13-14H2. The van der Waals surface area contributed by atoms with E-state index in [9.17, 15) is 4.39 Å². The van der Waals surface area contributed by atoms with Gasteiger partial charge in [0.15, 0.2) is 5.82 Å². The maximum absolute atomic E-state index is 13.9. The fraction of sp³-hybridized carbons (Fsp3) is 0.111. The number of nitrogens with one attached hydrogen (secondary N) is 1. The third-order valence-electron chi connectivity index (χ3n) is 3.45. The molecule has 0 aliphatic heterocycles. The fourth-order valence-electron chi connectivity index (χ4n) is 2.41. The molecule has 0 amide bonds. The molecule has 0 saturated carbocycles. The number of rotatable bonds is 5. The maximum Gasteiger partial charge on any atom is 0.163 e. The molecular weight excluding hydrogens is 263 g/mol. The van der Waals surface area contributed by atoms with Crippen LogP contribution in [0.2, 0.25) is 0 Å². The summed E-state index contributed by atoms with van der Waals surface area (Å²) in [6.07, 6.45) is 3.10. The Morgan fingerprint density at radius 3 is 1.71 bits per heavy atom. The summed E-state index contributed by atoms with van der Waals surface area (Å²) in [6, 6.07) is 20.2. The Morgan fingerprint density at radius 1 is 0.762 bits per heavy atom. The predicted molar refractivity (Wildman–Crippen MR) is 83.5 cm³/mol. The van der Waals surface area contributed by atoms with Crippen LogP contribution in [0, 0.1) is 5.82 Å². The van der Waals surface area contributed by atoms with E-state index in [1.807, 2.05) is 41.3 Å². The molecule has 1 aromatic heterocycles. The van der Waals surface area contributed by atoms with Crippen molar-refractivity contribution in [2.75, 3.05) is 4.90 Å². The summed E-state index contributed by atoms with van der Waals surface area (Å²) in [6.45, 7) is 1.34. The van der Waals surface area contributed by atoms with E-state index < -0.39 is 0 Å². The van der Waals surface area contributed by atoms with Crippen molar-refractivity contribution in [1.29, 1.82) is 0 Å². The highest BCUT2D eigenvalue weighted by molar-refractivity contribution is 5.47. The van der Waals surface area contributed by atoms with E-state index in [0.717, 1.165) is 11.1 Å². The maximum atomic E-state index is 13.9. The zero-order valence-electron chi connectivity index (χ0n) is 11.7. The molecule has 0 bridgehead atoms. The van der Waals surface area contributed by atoms with Crippen molar-refractivity contribution in [1.82, 2.24) is 4.98 Å². The molecule has 2 aromatic carbocycles. The lowest BCUT2D eigenvalue weighted by atomic mass is 10.1. The highest BCUT2D eigenvalue weighted by atomic mass is 19.1. The highest BCUT2D eigenvalue weighted by Gasteiger charge is 2.13. The van der Waals surface area contributed by atoms with E-state index in [2.05, 4.69) is 29.2 Å². The van der Waals surface area contributed by atoms with Gasteiger partial charge in [-0.25, -0.2) is 4.39 Å². The van der Waals surface area contributed by atoms with Gasteiger partial charge in [0.1, 0.15) is 0 Å². The molecule has 3 heteroatoms. The van der Waals surface area contributed by atoms with Gasteiger partial charge in [0, 0.05) is 25.5 Å². The fourth-order valence-corrected chi connectivity index (χ4v) is 2.41. The summed E-state index contributed by atoms with van der Waals surface area (Å²) >= 11 is 0. The van der Waals surface area contributed by atoms with Crippen LogP contribution in [0.3, 0.4) is 0 Å². The van der Waals surface area contributed by atoms with Gasteiger partial charge in [-0.05, 0) is 11.1 Å². The van der Waals surface area contributed by atoms with E-state index in [1.165, 1.54) is 6.20 Å². The van der Waals surface area contributed by atoms with Crippen LogP contribution >= 0.6 is 0 Å². The number of benzene rings is 2. The van der Waals surface area contributed by atoms with Crippen molar-refractivity contribution in [2.24, 2.45) is 0 Å². The van der Waals surface area contributed by atoms with E-state index in [0.29, 0.717) is 18.8 Å². The molecule has 0 aliphatic rings. The van der Waals surface area contributed by atoms with Crippen LogP contribution in [0.25, 0.3) is 0 Å². The van der Waals surface area contributed by atoms with Crippen LogP contribution in [0.5, 0.6) is 0 Å². The van der Waals surface area contributed by atoms with Crippen molar-refractivity contribution < 1.29 is 4.39 Å². The van der Waals surface area contributed by atoms with E-state index in [-0.39, 0.29) is 5.82 Å². The summed E-state index contributed by atoms with van der Waals surface area (Å²) in [5, 5.41) is 0. The van der Waals surface area contributed by atoms with Gasteiger partial charge in [-0.3, -0.25) is 0 Å². The Labute approximate surface area is 123 Å². The van der Waals surface area contributed by atoms with Crippen LogP contribution in [0.15, 0.2) is 73.1 Å². The number of H-pyrrole nitrogens is 1. The van der Waals surface area contributed by atoms with Crippen LogP contribution in [0.4, 0.5) is 10.1 Å². The van der Waals surface area contributed by atoms with Crippen LogP contribution in [0.1, 0.15) is 11.1 Å². The van der Waals surface area contributed by atoms with Gasteiger partial charge in [-0.1, -0.05) is 60.7 Å². The lowest BCUT2D eigenvalue weighted by Gasteiger charge is -2.24. The molecule has 2 nitrogen and oxygen atoms in total. The van der Waals surface area contributed by atoms with Gasteiger partial charge < -0.3 is 9.88 Å². The van der Waals surface area contributed by atoms with Crippen molar-refractivity contribution in [2.45, 2.75) is 13.1 Å². The van der Waals surface area contributed by atoms with Crippen molar-refractivity contribution in [3.8, 4) is 0 Å². The van der Waals surface area contributed by atoms with Crippen molar-refractivity contribution >= 4 is 5.69 Å². The second-order valence-corrected chi connectivity index (χ2v) is 5.02. The number of aromatic amines is 1. The SMILES string of the molecule is Fc1c[nH]cc1N(Cc1ccccc1)Cc1ccccc1. The van der Waals surface area contributed by atoms with Gasteiger partial charge >= 0.3 is 0 Å². The molecule has 0 aliphatic carbocycles. The zero-order chi connectivity index (χ0) is 14.5. The summed E-state index contributed by atoms with van der Waals surface area (Å²) in [5.41, 5.74) is 2.92. The minimum Gasteiger partial charge on any atom is -0.363 e. The molecule has 1 heterocycles. The number of halogens is 1. The minimum absolute atomic E-state index is 0.220. The molecule has 3 aromatic rings. The van der Waals surface area contributed by atoms with E-state index in [1.54, 1.807) is 6.20 Å². The first-order chi connectivity index (χ1) is 10.3. The average molecular weight is 280 g/mol. The number of anilines is 1. The molecule has 1 N–H and O–H groups in total. The molecule has 0 atom stereocenters. The first-order valence-electron chi connectivity index (χ1n) is 6.98. The summed E-state index contributed by atoms with van der Waals surface area (Å²) in [5.74, 6) is -0.220. The molecular formula is C18H17FN2. The van der Waals surface area contributed by atoms with Crippen molar-refractivity contribution in [3.05, 3.63) is 90.0 Å². The molecule has 3 rings (SSSR count). The van der Waals surface area contributed by atoms with Gasteiger partial charge in [0.05, 0.1) is 5.69 Å². The molecule has 0 spiro atoms. The minimum atomic E-state index is -0.220. The second-order valence-electron chi connectivity index (χ2n) is 5.02. The Kier molecular flexibility index (Phi) is 4.01. The van der Waals surface area contributed by atoms with Crippen LogP contribution in [-0.2, 0) is 13.1 Å². The quantitative estimate of drug-likeness (QED) is 0.735.